The van der Waals surface area contributed by atoms with Gasteiger partial charge in [0.25, 0.3) is 0 Å². The van der Waals surface area contributed by atoms with Gasteiger partial charge < -0.3 is 9.47 Å². The molecule has 3 aromatic carbocycles. The first-order chi connectivity index (χ1) is 14.9. The molecule has 0 radical (unpaired) electrons. The molecule has 0 fully saturated rings. The van der Waals surface area contributed by atoms with Crippen LogP contribution < -0.4 is 4.74 Å². The molecule has 7 heteroatoms. The first-order valence-electron chi connectivity index (χ1n) is 9.68. The Morgan fingerprint density at radius 3 is 2.48 bits per heavy atom. The molecule has 31 heavy (non-hydrogen) atoms. The van der Waals surface area contributed by atoms with Crippen molar-refractivity contribution in [2.75, 3.05) is 13.2 Å². The van der Waals surface area contributed by atoms with Gasteiger partial charge in [-0.05, 0) is 72.9 Å². The van der Waals surface area contributed by atoms with Crippen LogP contribution in [0.1, 0.15) is 18.1 Å². The van der Waals surface area contributed by atoms with Crippen LogP contribution >= 0.6 is 11.6 Å². The maximum absolute atomic E-state index is 14.9. The summed E-state index contributed by atoms with van der Waals surface area (Å²) < 4.78 is 52.7. The van der Waals surface area contributed by atoms with Crippen LogP contribution in [-0.4, -0.2) is 19.2 Å². The van der Waals surface area contributed by atoms with Crippen molar-refractivity contribution in [3.05, 3.63) is 88.2 Å². The van der Waals surface area contributed by atoms with Crippen LogP contribution in [0.2, 0.25) is 5.02 Å². The molecule has 3 rings (SSSR count). The van der Waals surface area contributed by atoms with Gasteiger partial charge in [0.05, 0.1) is 6.61 Å². The van der Waals surface area contributed by atoms with Gasteiger partial charge in [0.1, 0.15) is 11.6 Å². The molecule has 0 aliphatic carbocycles. The Bertz CT molecular complexity index is 1090. The highest BCUT2D eigenvalue weighted by atomic mass is 35.5. The first-order valence-corrected chi connectivity index (χ1v) is 10.1. The van der Waals surface area contributed by atoms with Crippen molar-refractivity contribution in [3.63, 3.8) is 0 Å². The van der Waals surface area contributed by atoms with Crippen molar-refractivity contribution >= 4 is 17.6 Å². The van der Waals surface area contributed by atoms with Crippen molar-refractivity contribution in [3.8, 4) is 16.9 Å². The zero-order valence-corrected chi connectivity index (χ0v) is 17.5. The zero-order chi connectivity index (χ0) is 22.4. The smallest absolute Gasteiger partial charge is 0.344 e. The fourth-order valence-corrected chi connectivity index (χ4v) is 3.37. The van der Waals surface area contributed by atoms with Crippen molar-refractivity contribution < 1.29 is 27.4 Å². The predicted molar refractivity (Wildman–Crippen MR) is 113 cm³/mol. The van der Waals surface area contributed by atoms with E-state index in [1.54, 1.807) is 31.2 Å². The first kappa shape index (κ1) is 22.7. The molecule has 0 aliphatic heterocycles. The minimum atomic E-state index is -0.710. The van der Waals surface area contributed by atoms with E-state index in [0.717, 1.165) is 0 Å². The molecule has 0 spiro atoms. The van der Waals surface area contributed by atoms with E-state index in [4.69, 9.17) is 21.1 Å². The van der Waals surface area contributed by atoms with Gasteiger partial charge in [-0.2, -0.15) is 0 Å². The fraction of sp³-hybridized carbons (Fsp3) is 0.208. The molecule has 0 N–H and O–H groups in total. The number of benzene rings is 3. The van der Waals surface area contributed by atoms with Crippen LogP contribution in [0.3, 0.4) is 0 Å². The summed E-state index contributed by atoms with van der Waals surface area (Å²) in [5.41, 5.74) is 1.75. The van der Waals surface area contributed by atoms with Gasteiger partial charge in [0.2, 0.25) is 0 Å². The third-order valence-corrected chi connectivity index (χ3v) is 5.00. The van der Waals surface area contributed by atoms with Crippen molar-refractivity contribution in [2.45, 2.75) is 19.8 Å². The topological polar surface area (TPSA) is 35.5 Å². The second-order valence-corrected chi connectivity index (χ2v) is 7.16. The Labute approximate surface area is 183 Å². The molecule has 0 heterocycles. The Morgan fingerprint density at radius 1 is 0.968 bits per heavy atom. The molecule has 0 saturated carbocycles. The van der Waals surface area contributed by atoms with Crippen molar-refractivity contribution in [1.29, 1.82) is 0 Å². The van der Waals surface area contributed by atoms with E-state index in [1.165, 1.54) is 30.3 Å². The van der Waals surface area contributed by atoms with E-state index >= 15 is 0 Å². The van der Waals surface area contributed by atoms with E-state index in [9.17, 15) is 18.0 Å². The molecule has 0 saturated heterocycles. The van der Waals surface area contributed by atoms with E-state index < -0.39 is 30.0 Å². The van der Waals surface area contributed by atoms with E-state index in [1.807, 2.05) is 0 Å². The molecule has 0 bridgehead atoms. The van der Waals surface area contributed by atoms with Crippen LogP contribution in [0, 0.1) is 17.5 Å². The molecule has 0 atom stereocenters. The minimum Gasteiger partial charge on any atom is -0.479 e. The van der Waals surface area contributed by atoms with Crippen LogP contribution in [0.4, 0.5) is 13.2 Å². The number of esters is 1. The fourth-order valence-electron chi connectivity index (χ4n) is 3.13. The quantitative estimate of drug-likeness (QED) is 0.388. The lowest BCUT2D eigenvalue weighted by atomic mass is 9.98. The second kappa shape index (κ2) is 10.4. The maximum atomic E-state index is 14.9. The third kappa shape index (κ3) is 5.79. The molecule has 0 aliphatic rings. The maximum Gasteiger partial charge on any atom is 0.344 e. The normalized spacial score (nSPS) is 10.7. The molecule has 0 aromatic heterocycles. The number of aryl methyl sites for hydroxylation is 1. The summed E-state index contributed by atoms with van der Waals surface area (Å²) in [5.74, 6) is -2.31. The summed E-state index contributed by atoms with van der Waals surface area (Å²) in [6.45, 7) is 1.41. The number of halogens is 4. The van der Waals surface area contributed by atoms with Gasteiger partial charge in [0.15, 0.2) is 18.2 Å². The molecular formula is C24H20ClF3O3. The number of hydrogen-bond acceptors (Lipinski definition) is 3. The van der Waals surface area contributed by atoms with Crippen molar-refractivity contribution in [2.24, 2.45) is 0 Å². The number of rotatable bonds is 8. The minimum absolute atomic E-state index is 0.102. The summed E-state index contributed by atoms with van der Waals surface area (Å²) in [6, 6.07) is 13.2. The molecule has 162 valence electrons. The highest BCUT2D eigenvalue weighted by molar-refractivity contribution is 6.31. The summed E-state index contributed by atoms with van der Waals surface area (Å²) in [5, 5.41) is 0.169. The van der Waals surface area contributed by atoms with E-state index in [2.05, 4.69) is 0 Å². The summed E-state index contributed by atoms with van der Waals surface area (Å²) in [4.78, 5) is 11.4. The Hall–Kier alpha value is -2.99. The molecular weight excluding hydrogens is 429 g/mol. The Kier molecular flexibility index (Phi) is 7.58. The van der Waals surface area contributed by atoms with Gasteiger partial charge in [-0.25, -0.2) is 18.0 Å². The number of carbonyl (C=O) groups is 1. The molecule has 0 amide bonds. The molecule has 3 nitrogen and oxygen atoms in total. The average Bonchev–Trinajstić information content (AvgIpc) is 2.74. The second-order valence-electron chi connectivity index (χ2n) is 6.75. The standard InChI is InChI=1S/C24H20ClF3O3/c1-2-30-23(29)14-31-22-11-9-20(25)19(24(22)28)8-6-17-12-16(7-10-21(17)27)15-4-3-5-18(26)13-15/h3-5,7,9-13H,2,6,8,14H2,1H3. The number of hydrogen-bond donors (Lipinski definition) is 0. The number of carbonyl (C=O) groups excluding carboxylic acids is 1. The summed E-state index contributed by atoms with van der Waals surface area (Å²) in [7, 11) is 0. The molecule has 0 unspecified atom stereocenters. The summed E-state index contributed by atoms with van der Waals surface area (Å²) in [6.07, 6.45) is 0.262. The zero-order valence-electron chi connectivity index (χ0n) is 16.8. The van der Waals surface area contributed by atoms with Crippen LogP contribution in [0.15, 0.2) is 54.6 Å². The molecule has 3 aromatic rings. The van der Waals surface area contributed by atoms with Crippen LogP contribution in [0.25, 0.3) is 11.1 Å². The SMILES string of the molecule is CCOC(=O)COc1ccc(Cl)c(CCc2cc(-c3cccc(F)c3)ccc2F)c1F. The van der Waals surface area contributed by atoms with Crippen LogP contribution in [0.5, 0.6) is 5.75 Å². The highest BCUT2D eigenvalue weighted by Gasteiger charge is 2.16. The third-order valence-electron chi connectivity index (χ3n) is 4.65. The Morgan fingerprint density at radius 2 is 1.74 bits per heavy atom. The Balaban J connectivity index is 1.78. The van der Waals surface area contributed by atoms with Gasteiger partial charge in [-0.1, -0.05) is 29.8 Å². The van der Waals surface area contributed by atoms with Crippen molar-refractivity contribution in [1.82, 2.24) is 0 Å². The average molecular weight is 449 g/mol. The monoisotopic (exact) mass is 448 g/mol. The lowest BCUT2D eigenvalue weighted by molar-refractivity contribution is -0.145. The summed E-state index contributed by atoms with van der Waals surface area (Å²) >= 11 is 6.14. The predicted octanol–water partition coefficient (Wildman–Crippen LogP) is 6.15. The highest BCUT2D eigenvalue weighted by Crippen LogP contribution is 2.30. The van der Waals surface area contributed by atoms with Crippen LogP contribution in [-0.2, 0) is 22.4 Å². The largest absolute Gasteiger partial charge is 0.479 e. The van der Waals surface area contributed by atoms with Gasteiger partial charge in [0, 0.05) is 10.6 Å². The number of ether oxygens (including phenoxy) is 2. The van der Waals surface area contributed by atoms with Gasteiger partial charge in [-0.3, -0.25) is 0 Å². The van der Waals surface area contributed by atoms with Gasteiger partial charge in [-0.15, -0.1) is 0 Å². The lowest BCUT2D eigenvalue weighted by Gasteiger charge is -2.12. The van der Waals surface area contributed by atoms with Gasteiger partial charge >= 0.3 is 5.97 Å². The van der Waals surface area contributed by atoms with E-state index in [0.29, 0.717) is 16.7 Å². The lowest BCUT2D eigenvalue weighted by Crippen LogP contribution is -2.15. The van der Waals surface area contributed by atoms with E-state index in [-0.39, 0.29) is 35.8 Å².